The molecule has 2 aromatic carbocycles. The van der Waals surface area contributed by atoms with Crippen LogP contribution in [0.3, 0.4) is 0 Å². The fraction of sp³-hybridized carbons (Fsp3) is 0.160. The van der Waals surface area contributed by atoms with Crippen molar-refractivity contribution in [1.29, 1.82) is 5.26 Å². The summed E-state index contributed by atoms with van der Waals surface area (Å²) in [6.45, 7) is 1.90. The smallest absolute Gasteiger partial charge is 0.341 e. The van der Waals surface area contributed by atoms with Crippen LogP contribution in [0.15, 0.2) is 59.5 Å². The molecule has 168 valence electrons. The number of carbonyl (C=O) groups is 2. The molecule has 0 bridgehead atoms. The Kier molecular flexibility index (Phi) is 7.88. The molecule has 0 saturated carbocycles. The normalized spacial score (nSPS) is 10.9. The van der Waals surface area contributed by atoms with Gasteiger partial charge in [0.05, 0.1) is 6.61 Å². The van der Waals surface area contributed by atoms with Crippen molar-refractivity contribution in [1.82, 2.24) is 0 Å². The van der Waals surface area contributed by atoms with E-state index in [1.54, 1.807) is 36.6 Å². The van der Waals surface area contributed by atoms with Crippen molar-refractivity contribution in [3.63, 3.8) is 0 Å². The first kappa shape index (κ1) is 24.1. The summed E-state index contributed by atoms with van der Waals surface area (Å²) in [6, 6.07) is 16.4. The number of thiophene rings is 1. The summed E-state index contributed by atoms with van der Waals surface area (Å²) >= 11 is 7.17. The second kappa shape index (κ2) is 10.8. The summed E-state index contributed by atoms with van der Waals surface area (Å²) in [4.78, 5) is 27.5. The molecule has 1 N–H and O–H groups in total. The Labute approximate surface area is 201 Å². The summed E-state index contributed by atoms with van der Waals surface area (Å²) in [6.07, 6.45) is 1.51. The maximum atomic E-state index is 12.9. The molecular weight excluding hydrogens is 458 g/mol. The van der Waals surface area contributed by atoms with Gasteiger partial charge in [-0.25, -0.2) is 4.79 Å². The Morgan fingerprint density at radius 2 is 1.82 bits per heavy atom. The Morgan fingerprint density at radius 1 is 1.15 bits per heavy atom. The van der Waals surface area contributed by atoms with Crippen molar-refractivity contribution < 1.29 is 14.3 Å². The van der Waals surface area contributed by atoms with Crippen molar-refractivity contribution in [2.24, 2.45) is 0 Å². The zero-order chi connectivity index (χ0) is 24.0. The number of hydrogen-bond acceptors (Lipinski definition) is 6. The molecule has 0 aliphatic rings. The van der Waals surface area contributed by atoms with Crippen LogP contribution < -0.4 is 10.2 Å². The topological polar surface area (TPSA) is 82.4 Å². The average Bonchev–Trinajstić information content (AvgIpc) is 3.21. The molecule has 0 radical (unpaired) electrons. The highest BCUT2D eigenvalue weighted by Gasteiger charge is 2.23. The van der Waals surface area contributed by atoms with Crippen LogP contribution in [0.1, 0.15) is 22.8 Å². The van der Waals surface area contributed by atoms with E-state index >= 15 is 0 Å². The van der Waals surface area contributed by atoms with E-state index in [-0.39, 0.29) is 17.7 Å². The third kappa shape index (κ3) is 5.80. The largest absolute Gasteiger partial charge is 0.462 e. The van der Waals surface area contributed by atoms with E-state index in [2.05, 4.69) is 5.32 Å². The number of halogens is 1. The van der Waals surface area contributed by atoms with Gasteiger partial charge < -0.3 is 15.0 Å². The third-order valence-corrected chi connectivity index (χ3v) is 5.89. The van der Waals surface area contributed by atoms with Gasteiger partial charge in [-0.05, 0) is 48.4 Å². The van der Waals surface area contributed by atoms with Crippen LogP contribution in [0.25, 0.3) is 17.2 Å². The van der Waals surface area contributed by atoms with E-state index < -0.39 is 11.9 Å². The first-order chi connectivity index (χ1) is 15.8. The molecule has 0 aliphatic carbocycles. The maximum absolute atomic E-state index is 12.9. The van der Waals surface area contributed by atoms with Crippen LogP contribution in [-0.4, -0.2) is 32.6 Å². The van der Waals surface area contributed by atoms with Crippen LogP contribution >= 0.6 is 22.9 Å². The zero-order valence-electron chi connectivity index (χ0n) is 18.4. The van der Waals surface area contributed by atoms with Crippen molar-refractivity contribution >= 4 is 51.6 Å². The average molecular weight is 480 g/mol. The molecule has 0 unspecified atom stereocenters. The summed E-state index contributed by atoms with van der Waals surface area (Å²) in [5.41, 5.74) is 3.26. The maximum Gasteiger partial charge on any atom is 0.341 e. The van der Waals surface area contributed by atoms with E-state index in [4.69, 9.17) is 16.3 Å². The third-order valence-electron chi connectivity index (χ3n) is 4.74. The number of nitrogens with zero attached hydrogens (tertiary/aromatic N) is 2. The van der Waals surface area contributed by atoms with Crippen LogP contribution in [0.4, 0.5) is 10.7 Å². The Morgan fingerprint density at radius 3 is 2.39 bits per heavy atom. The molecule has 0 aliphatic heterocycles. The number of rotatable bonds is 7. The van der Waals surface area contributed by atoms with Gasteiger partial charge in [0, 0.05) is 35.7 Å². The van der Waals surface area contributed by atoms with Crippen LogP contribution in [0.2, 0.25) is 5.02 Å². The van der Waals surface area contributed by atoms with Gasteiger partial charge in [0.1, 0.15) is 22.2 Å². The number of esters is 1. The molecule has 0 fully saturated rings. The van der Waals surface area contributed by atoms with E-state index in [1.165, 1.54) is 17.4 Å². The summed E-state index contributed by atoms with van der Waals surface area (Å²) in [5, 5.41) is 14.9. The van der Waals surface area contributed by atoms with E-state index in [0.29, 0.717) is 21.2 Å². The van der Waals surface area contributed by atoms with Crippen molar-refractivity contribution in [3.05, 3.63) is 75.6 Å². The molecule has 1 heterocycles. The van der Waals surface area contributed by atoms with Gasteiger partial charge in [0.2, 0.25) is 0 Å². The van der Waals surface area contributed by atoms with Gasteiger partial charge in [-0.1, -0.05) is 35.9 Å². The standard InChI is InChI=1S/C25H22ClN3O3S/c1-4-32-25(31)22-21(17-7-9-19(26)10-8-17)15-33-24(22)28-23(30)18(14-27)13-16-5-11-20(12-6-16)29(2)3/h5-13,15H,4H2,1-3H3,(H,28,30)/b18-13+. The summed E-state index contributed by atoms with van der Waals surface area (Å²) in [5.74, 6) is -1.16. The van der Waals surface area contributed by atoms with Crippen LogP contribution in [0, 0.1) is 11.3 Å². The minimum atomic E-state index is -0.607. The van der Waals surface area contributed by atoms with Gasteiger partial charge >= 0.3 is 5.97 Å². The Bertz CT molecular complexity index is 1220. The minimum absolute atomic E-state index is 0.0798. The number of nitrogens with one attached hydrogen (secondary N) is 1. The predicted molar refractivity (Wildman–Crippen MR) is 134 cm³/mol. The predicted octanol–water partition coefficient (Wildman–Crippen LogP) is 5.86. The monoisotopic (exact) mass is 479 g/mol. The van der Waals surface area contributed by atoms with Gasteiger partial charge in [0.25, 0.3) is 5.91 Å². The van der Waals surface area contributed by atoms with Crippen molar-refractivity contribution in [3.8, 4) is 17.2 Å². The van der Waals surface area contributed by atoms with Gasteiger partial charge in [0.15, 0.2) is 0 Å². The fourth-order valence-electron chi connectivity index (χ4n) is 3.05. The quantitative estimate of drug-likeness (QED) is 0.261. The Balaban J connectivity index is 1.92. The number of carbonyl (C=O) groups excluding carboxylic acids is 2. The van der Waals surface area contributed by atoms with Crippen LogP contribution in [-0.2, 0) is 9.53 Å². The number of hydrogen-bond donors (Lipinski definition) is 1. The Hall–Kier alpha value is -3.60. The van der Waals surface area contributed by atoms with Gasteiger partial charge in [-0.15, -0.1) is 11.3 Å². The van der Waals surface area contributed by atoms with Crippen molar-refractivity contribution in [2.45, 2.75) is 6.92 Å². The molecule has 0 spiro atoms. The highest BCUT2D eigenvalue weighted by atomic mass is 35.5. The summed E-state index contributed by atoms with van der Waals surface area (Å²) in [7, 11) is 3.86. The number of anilines is 2. The zero-order valence-corrected chi connectivity index (χ0v) is 20.0. The SMILES string of the molecule is CCOC(=O)c1c(-c2ccc(Cl)cc2)csc1NC(=O)/C(C#N)=C/c1ccc(N(C)C)cc1. The highest BCUT2D eigenvalue weighted by molar-refractivity contribution is 7.15. The summed E-state index contributed by atoms with van der Waals surface area (Å²) < 4.78 is 5.21. The lowest BCUT2D eigenvalue weighted by Crippen LogP contribution is -2.16. The lowest BCUT2D eigenvalue weighted by Gasteiger charge is -2.12. The van der Waals surface area contributed by atoms with E-state index in [0.717, 1.165) is 11.3 Å². The number of ether oxygens (including phenoxy) is 1. The molecule has 3 rings (SSSR count). The first-order valence-corrected chi connectivity index (χ1v) is 11.3. The van der Waals surface area contributed by atoms with Gasteiger partial charge in [-0.3, -0.25) is 4.79 Å². The molecule has 1 amide bonds. The lowest BCUT2D eigenvalue weighted by atomic mass is 10.0. The number of nitriles is 1. The number of amides is 1. The molecule has 8 heteroatoms. The van der Waals surface area contributed by atoms with E-state index in [1.807, 2.05) is 49.3 Å². The lowest BCUT2D eigenvalue weighted by molar-refractivity contribution is -0.112. The van der Waals surface area contributed by atoms with Crippen molar-refractivity contribution in [2.75, 3.05) is 30.9 Å². The highest BCUT2D eigenvalue weighted by Crippen LogP contribution is 2.37. The molecule has 6 nitrogen and oxygen atoms in total. The molecular formula is C25H22ClN3O3S. The number of benzene rings is 2. The van der Waals surface area contributed by atoms with E-state index in [9.17, 15) is 14.9 Å². The molecule has 1 aromatic heterocycles. The molecule has 0 atom stereocenters. The molecule has 0 saturated heterocycles. The fourth-order valence-corrected chi connectivity index (χ4v) is 4.13. The first-order valence-electron chi connectivity index (χ1n) is 10.1. The second-order valence-corrected chi connectivity index (χ2v) is 8.51. The minimum Gasteiger partial charge on any atom is -0.462 e. The molecule has 33 heavy (non-hydrogen) atoms. The second-order valence-electron chi connectivity index (χ2n) is 7.19. The molecule has 3 aromatic rings. The van der Waals surface area contributed by atoms with Gasteiger partial charge in [-0.2, -0.15) is 5.26 Å². The van der Waals surface area contributed by atoms with Crippen LogP contribution in [0.5, 0.6) is 0 Å².